The molecule has 0 aliphatic carbocycles. The second kappa shape index (κ2) is 5.27. The molecule has 2 heterocycles. The van der Waals surface area contributed by atoms with Gasteiger partial charge in [0, 0.05) is 17.5 Å². The zero-order chi connectivity index (χ0) is 11.5. The first kappa shape index (κ1) is 12.0. The lowest BCUT2D eigenvalue weighted by Gasteiger charge is -2.31. The van der Waals surface area contributed by atoms with E-state index >= 15 is 0 Å². The summed E-state index contributed by atoms with van der Waals surface area (Å²) >= 11 is 1.78. The van der Waals surface area contributed by atoms with E-state index in [0.29, 0.717) is 18.6 Å². The number of aliphatic hydroxyl groups is 1. The van der Waals surface area contributed by atoms with Crippen LogP contribution in [0.2, 0.25) is 0 Å². The Hall–Kier alpha value is -0.420. The summed E-state index contributed by atoms with van der Waals surface area (Å²) in [5, 5.41) is 11.5. The van der Waals surface area contributed by atoms with Crippen molar-refractivity contribution in [2.45, 2.75) is 31.8 Å². The molecule has 0 aromatic carbocycles. The number of aryl methyl sites for hydroxylation is 1. The highest BCUT2D eigenvalue weighted by molar-refractivity contribution is 7.10. The quantitative estimate of drug-likeness (QED) is 0.839. The molecule has 1 aliphatic rings. The van der Waals surface area contributed by atoms with Crippen molar-refractivity contribution in [2.75, 3.05) is 19.7 Å². The molecule has 1 aromatic heterocycles. The van der Waals surface area contributed by atoms with Crippen LogP contribution in [-0.4, -0.2) is 35.7 Å². The van der Waals surface area contributed by atoms with Gasteiger partial charge >= 0.3 is 0 Å². The molecule has 4 heteroatoms. The molecule has 0 amide bonds. The minimum absolute atomic E-state index is 0.251. The van der Waals surface area contributed by atoms with E-state index in [1.54, 1.807) is 11.3 Å². The minimum atomic E-state index is 0.251. The molecule has 16 heavy (non-hydrogen) atoms. The van der Waals surface area contributed by atoms with E-state index in [1.807, 2.05) is 0 Å². The van der Waals surface area contributed by atoms with Crippen LogP contribution in [0.5, 0.6) is 0 Å². The third-order valence-electron chi connectivity index (χ3n) is 3.46. The Bertz CT molecular complexity index is 340. The summed E-state index contributed by atoms with van der Waals surface area (Å²) in [7, 11) is 0. The molecule has 0 radical (unpaired) electrons. The molecule has 1 aromatic rings. The van der Waals surface area contributed by atoms with Crippen LogP contribution in [-0.2, 0) is 0 Å². The van der Waals surface area contributed by atoms with E-state index in [0.717, 1.165) is 13.0 Å². The van der Waals surface area contributed by atoms with Gasteiger partial charge in [0.2, 0.25) is 0 Å². The highest BCUT2D eigenvalue weighted by Gasteiger charge is 2.31. The molecule has 3 N–H and O–H groups in total. The molecule has 1 saturated heterocycles. The van der Waals surface area contributed by atoms with E-state index in [4.69, 9.17) is 5.73 Å². The topological polar surface area (TPSA) is 49.5 Å². The van der Waals surface area contributed by atoms with Gasteiger partial charge in [-0.05, 0) is 43.3 Å². The zero-order valence-corrected chi connectivity index (χ0v) is 10.5. The minimum Gasteiger partial charge on any atom is -0.395 e. The van der Waals surface area contributed by atoms with Crippen molar-refractivity contribution in [1.29, 1.82) is 0 Å². The summed E-state index contributed by atoms with van der Waals surface area (Å²) in [5.41, 5.74) is 7.24. The standard InChI is InChI=1S/C12H20N2OS/c1-9-4-6-16-12(9)11(7-13)14-5-2-3-10(14)8-15/h4,6,10-11,15H,2-3,5,7-8,13H2,1H3. The van der Waals surface area contributed by atoms with E-state index in [9.17, 15) is 5.11 Å². The average molecular weight is 240 g/mol. The molecule has 0 saturated carbocycles. The molecule has 2 unspecified atom stereocenters. The highest BCUT2D eigenvalue weighted by atomic mass is 32.1. The Kier molecular flexibility index (Phi) is 3.97. The maximum atomic E-state index is 9.37. The third kappa shape index (κ3) is 2.15. The first-order valence-corrected chi connectivity index (χ1v) is 6.76. The van der Waals surface area contributed by atoms with Crippen LogP contribution in [0, 0.1) is 6.92 Å². The van der Waals surface area contributed by atoms with Crippen LogP contribution < -0.4 is 5.73 Å². The van der Waals surface area contributed by atoms with E-state index < -0.39 is 0 Å². The molecule has 0 spiro atoms. The molecule has 1 fully saturated rings. The first-order chi connectivity index (χ1) is 7.77. The van der Waals surface area contributed by atoms with Gasteiger partial charge in [0.05, 0.1) is 12.6 Å². The van der Waals surface area contributed by atoms with Gasteiger partial charge < -0.3 is 10.8 Å². The first-order valence-electron chi connectivity index (χ1n) is 5.88. The van der Waals surface area contributed by atoms with Gasteiger partial charge in [0.15, 0.2) is 0 Å². The number of likely N-dealkylation sites (tertiary alicyclic amines) is 1. The average Bonchev–Trinajstić information content (AvgIpc) is 2.90. The van der Waals surface area contributed by atoms with E-state index in [1.165, 1.54) is 16.9 Å². The molecule has 3 nitrogen and oxygen atoms in total. The van der Waals surface area contributed by atoms with Gasteiger partial charge in [-0.2, -0.15) is 0 Å². The number of thiophene rings is 1. The van der Waals surface area contributed by atoms with Gasteiger partial charge in [-0.25, -0.2) is 0 Å². The van der Waals surface area contributed by atoms with Gasteiger partial charge in [-0.15, -0.1) is 11.3 Å². The third-order valence-corrected chi connectivity index (χ3v) is 4.58. The molecule has 0 bridgehead atoms. The molecule has 1 aliphatic heterocycles. The summed E-state index contributed by atoms with van der Waals surface area (Å²) in [6.45, 7) is 4.09. The summed E-state index contributed by atoms with van der Waals surface area (Å²) in [6, 6.07) is 2.74. The van der Waals surface area contributed by atoms with Crippen LogP contribution >= 0.6 is 11.3 Å². The lowest BCUT2D eigenvalue weighted by Crippen LogP contribution is -2.39. The van der Waals surface area contributed by atoms with Crippen LogP contribution in [0.25, 0.3) is 0 Å². The second-order valence-electron chi connectivity index (χ2n) is 4.44. The Labute approximate surface area is 101 Å². The van der Waals surface area contributed by atoms with E-state index in [2.05, 4.69) is 23.3 Å². The maximum absolute atomic E-state index is 9.37. The molecular weight excluding hydrogens is 220 g/mol. The number of hydrogen-bond acceptors (Lipinski definition) is 4. The Balaban J connectivity index is 2.19. The fraction of sp³-hybridized carbons (Fsp3) is 0.667. The maximum Gasteiger partial charge on any atom is 0.0587 e. The van der Waals surface area contributed by atoms with Crippen molar-refractivity contribution in [1.82, 2.24) is 4.90 Å². The van der Waals surface area contributed by atoms with Crippen molar-refractivity contribution >= 4 is 11.3 Å². The molecule has 2 atom stereocenters. The Morgan fingerprint density at radius 3 is 3.06 bits per heavy atom. The van der Waals surface area contributed by atoms with Gasteiger partial charge in [-0.3, -0.25) is 4.90 Å². The Morgan fingerprint density at radius 2 is 2.50 bits per heavy atom. The predicted octanol–water partition coefficient (Wildman–Crippen LogP) is 1.51. The summed E-state index contributed by atoms with van der Waals surface area (Å²) < 4.78 is 0. The van der Waals surface area contributed by atoms with Crippen molar-refractivity contribution in [3.63, 3.8) is 0 Å². The SMILES string of the molecule is Cc1ccsc1C(CN)N1CCCC1CO. The molecule has 90 valence electrons. The normalized spacial score (nSPS) is 23.8. The highest BCUT2D eigenvalue weighted by Crippen LogP contribution is 2.33. The van der Waals surface area contributed by atoms with Crippen LogP contribution in [0.1, 0.15) is 29.3 Å². The van der Waals surface area contributed by atoms with Crippen LogP contribution in [0.3, 0.4) is 0 Å². The van der Waals surface area contributed by atoms with E-state index in [-0.39, 0.29) is 6.61 Å². The summed E-state index contributed by atoms with van der Waals surface area (Å²) in [5.74, 6) is 0. The van der Waals surface area contributed by atoms with Gasteiger partial charge in [-0.1, -0.05) is 0 Å². The summed E-state index contributed by atoms with van der Waals surface area (Å²) in [4.78, 5) is 3.74. The van der Waals surface area contributed by atoms with Crippen molar-refractivity contribution < 1.29 is 5.11 Å². The number of aliphatic hydroxyl groups excluding tert-OH is 1. The fourth-order valence-corrected chi connectivity index (χ4v) is 3.64. The number of nitrogens with zero attached hydrogens (tertiary/aromatic N) is 1. The van der Waals surface area contributed by atoms with Gasteiger partial charge in [0.25, 0.3) is 0 Å². The second-order valence-corrected chi connectivity index (χ2v) is 5.38. The molecular formula is C12H20N2OS. The lowest BCUT2D eigenvalue weighted by atomic mass is 10.1. The van der Waals surface area contributed by atoms with Crippen LogP contribution in [0.4, 0.5) is 0 Å². The lowest BCUT2D eigenvalue weighted by molar-refractivity contribution is 0.123. The largest absolute Gasteiger partial charge is 0.395 e. The predicted molar refractivity (Wildman–Crippen MR) is 67.7 cm³/mol. The van der Waals surface area contributed by atoms with Crippen molar-refractivity contribution in [3.05, 3.63) is 21.9 Å². The Morgan fingerprint density at radius 1 is 1.69 bits per heavy atom. The van der Waals surface area contributed by atoms with Gasteiger partial charge in [0.1, 0.15) is 0 Å². The van der Waals surface area contributed by atoms with Crippen molar-refractivity contribution in [3.8, 4) is 0 Å². The molecule has 2 rings (SSSR count). The monoisotopic (exact) mass is 240 g/mol. The number of rotatable bonds is 4. The number of nitrogens with two attached hydrogens (primary N) is 1. The van der Waals surface area contributed by atoms with Crippen molar-refractivity contribution in [2.24, 2.45) is 5.73 Å². The van der Waals surface area contributed by atoms with Crippen LogP contribution in [0.15, 0.2) is 11.4 Å². The zero-order valence-electron chi connectivity index (χ0n) is 9.72. The smallest absolute Gasteiger partial charge is 0.0587 e. The fourth-order valence-electron chi connectivity index (χ4n) is 2.58. The number of hydrogen-bond donors (Lipinski definition) is 2. The summed E-state index contributed by atoms with van der Waals surface area (Å²) in [6.07, 6.45) is 2.27.